The van der Waals surface area contributed by atoms with Crippen molar-refractivity contribution in [3.05, 3.63) is 179 Å². The van der Waals surface area contributed by atoms with Crippen LogP contribution in [-0.2, 0) is 14.9 Å². The summed E-state index contributed by atoms with van der Waals surface area (Å²) in [6, 6.07) is 44.2. The highest BCUT2D eigenvalue weighted by atomic mass is 16.5. The molecule has 4 heterocycles. The Hall–Kier alpha value is -6.40. The van der Waals surface area contributed by atoms with E-state index in [0.717, 1.165) is 33.4 Å². The first-order chi connectivity index (χ1) is 25.3. The third-order valence-electron chi connectivity index (χ3n) is 10.3. The predicted octanol–water partition coefficient (Wildman–Crippen LogP) is 8.88. The Balaban J connectivity index is 1.28. The lowest BCUT2D eigenvalue weighted by molar-refractivity contribution is 0.348. The van der Waals surface area contributed by atoms with Gasteiger partial charge in [-0.3, -0.25) is 9.97 Å². The number of hydrogen-bond donors (Lipinski definition) is 0. The molecule has 1 aliphatic carbocycles. The highest BCUT2D eigenvalue weighted by molar-refractivity contribution is 6.10. The van der Waals surface area contributed by atoms with Crippen molar-refractivity contribution in [3.8, 4) is 33.4 Å². The summed E-state index contributed by atoms with van der Waals surface area (Å²) in [7, 11) is 0. The van der Waals surface area contributed by atoms with Crippen LogP contribution in [0.5, 0.6) is 0 Å². The number of fused-ring (bicyclic) bond motifs is 5. The molecule has 0 N–H and O–H groups in total. The van der Waals surface area contributed by atoms with Crippen LogP contribution in [0.3, 0.4) is 0 Å². The van der Waals surface area contributed by atoms with Crippen LogP contribution in [0.25, 0.3) is 44.2 Å². The van der Waals surface area contributed by atoms with Crippen molar-refractivity contribution >= 4 is 22.6 Å². The molecule has 7 aromatic rings. The van der Waals surface area contributed by atoms with Gasteiger partial charge in [-0.1, -0.05) is 97.1 Å². The van der Waals surface area contributed by atoms with E-state index in [9.17, 15) is 0 Å². The molecule has 6 heteroatoms. The highest BCUT2D eigenvalue weighted by Crippen LogP contribution is 2.59. The van der Waals surface area contributed by atoms with Crippen LogP contribution in [0.15, 0.2) is 156 Å². The van der Waals surface area contributed by atoms with Crippen molar-refractivity contribution in [1.29, 1.82) is 0 Å². The zero-order chi connectivity index (χ0) is 33.8. The van der Waals surface area contributed by atoms with E-state index >= 15 is 0 Å². The van der Waals surface area contributed by atoms with Gasteiger partial charge in [0.15, 0.2) is 0 Å². The van der Waals surface area contributed by atoms with Crippen molar-refractivity contribution in [3.63, 3.8) is 0 Å². The van der Waals surface area contributed by atoms with Crippen molar-refractivity contribution in [2.24, 2.45) is 9.98 Å². The van der Waals surface area contributed by atoms with Gasteiger partial charge in [-0.25, -0.2) is 9.98 Å². The number of pyridine rings is 2. The van der Waals surface area contributed by atoms with Gasteiger partial charge in [-0.15, -0.1) is 0 Å². The number of hydrogen-bond acceptors (Lipinski definition) is 6. The smallest absolute Gasteiger partial charge is 0.217 e. The van der Waals surface area contributed by atoms with Crippen LogP contribution in [-0.4, -0.2) is 48.1 Å². The topological polar surface area (TPSA) is 69.0 Å². The quantitative estimate of drug-likeness (QED) is 0.179. The van der Waals surface area contributed by atoms with Gasteiger partial charge in [0.05, 0.1) is 29.6 Å². The van der Waals surface area contributed by atoms with E-state index in [1.807, 2.05) is 24.8 Å². The van der Waals surface area contributed by atoms with Crippen molar-refractivity contribution in [1.82, 2.24) is 9.97 Å². The first-order valence-corrected chi connectivity index (χ1v) is 17.4. The molecule has 5 aromatic carbocycles. The van der Waals surface area contributed by atoms with Gasteiger partial charge in [0.25, 0.3) is 0 Å². The Kier molecular flexibility index (Phi) is 6.88. The van der Waals surface area contributed by atoms with Crippen LogP contribution < -0.4 is 0 Å². The lowest BCUT2D eigenvalue weighted by Crippen LogP contribution is -2.28. The minimum absolute atomic E-state index is 0.598. The molecule has 0 amide bonds. The van der Waals surface area contributed by atoms with Crippen molar-refractivity contribution < 1.29 is 9.47 Å². The number of ether oxygens (including phenoxy) is 2. The molecule has 244 valence electrons. The normalized spacial score (nSPS) is 15.5. The van der Waals surface area contributed by atoms with E-state index in [1.165, 1.54) is 44.2 Å². The van der Waals surface area contributed by atoms with Gasteiger partial charge in [0.2, 0.25) is 11.8 Å². The van der Waals surface area contributed by atoms with Gasteiger partial charge >= 0.3 is 0 Å². The molecule has 0 unspecified atom stereocenters. The molecule has 6 nitrogen and oxygen atoms in total. The van der Waals surface area contributed by atoms with Crippen LogP contribution >= 0.6 is 0 Å². The van der Waals surface area contributed by atoms with Gasteiger partial charge in [-0.05, 0) is 79.5 Å². The average Bonchev–Trinajstić information content (AvgIpc) is 4.00. The summed E-state index contributed by atoms with van der Waals surface area (Å²) >= 11 is 0. The summed E-state index contributed by atoms with van der Waals surface area (Å²) in [4.78, 5) is 18.5. The Morgan fingerprint density at radius 3 is 1.65 bits per heavy atom. The van der Waals surface area contributed by atoms with E-state index in [-0.39, 0.29) is 0 Å². The molecule has 0 spiro atoms. The summed E-state index contributed by atoms with van der Waals surface area (Å²) in [5.74, 6) is 1.31. The molecule has 51 heavy (non-hydrogen) atoms. The Morgan fingerprint density at radius 1 is 0.451 bits per heavy atom. The minimum Gasteiger partial charge on any atom is -0.475 e. The largest absolute Gasteiger partial charge is 0.475 e. The first-order valence-electron chi connectivity index (χ1n) is 17.4. The second-order valence-corrected chi connectivity index (χ2v) is 13.1. The molecular formula is C45H32N4O2. The van der Waals surface area contributed by atoms with Crippen LogP contribution in [0.2, 0.25) is 0 Å². The number of rotatable bonds is 6. The maximum atomic E-state index is 5.86. The SMILES string of the molecule is c1ccc(C2(c3ccccc3)c3cc(-c4cncc(C5=NCCO5)c4)ccc3-c3c2cc(-c2cncc(C4=NCCO4)c2)c2ccccc32)cc1. The third kappa shape index (κ3) is 4.63. The lowest BCUT2D eigenvalue weighted by Gasteiger charge is -2.34. The molecule has 10 rings (SSSR count). The molecular weight excluding hydrogens is 629 g/mol. The lowest BCUT2D eigenvalue weighted by atomic mass is 9.67. The molecule has 0 atom stereocenters. The molecule has 0 radical (unpaired) electrons. The fraction of sp³-hybridized carbons (Fsp3) is 0.111. The molecule has 0 saturated carbocycles. The number of aromatic nitrogens is 2. The zero-order valence-corrected chi connectivity index (χ0v) is 27.8. The molecule has 0 bridgehead atoms. The Morgan fingerprint density at radius 2 is 1.02 bits per heavy atom. The maximum absolute atomic E-state index is 5.86. The molecule has 2 aliphatic heterocycles. The molecule has 0 saturated heterocycles. The van der Waals surface area contributed by atoms with E-state index in [0.29, 0.717) is 38.1 Å². The van der Waals surface area contributed by atoms with E-state index in [2.05, 4.69) is 136 Å². The Labute approximate surface area is 295 Å². The summed E-state index contributed by atoms with van der Waals surface area (Å²) in [6.45, 7) is 2.54. The second-order valence-electron chi connectivity index (χ2n) is 13.1. The van der Waals surface area contributed by atoms with Gasteiger partial charge < -0.3 is 9.47 Å². The molecule has 3 aliphatic rings. The van der Waals surface area contributed by atoms with Crippen molar-refractivity contribution in [2.75, 3.05) is 26.3 Å². The van der Waals surface area contributed by atoms with E-state index < -0.39 is 5.41 Å². The number of nitrogens with zero attached hydrogens (tertiary/aromatic N) is 4. The van der Waals surface area contributed by atoms with Gasteiger partial charge in [0, 0.05) is 35.9 Å². The Bertz CT molecular complexity index is 2500. The van der Waals surface area contributed by atoms with E-state index in [1.54, 1.807) is 0 Å². The van der Waals surface area contributed by atoms with Crippen molar-refractivity contribution in [2.45, 2.75) is 5.41 Å². The van der Waals surface area contributed by atoms with Crippen LogP contribution in [0.4, 0.5) is 0 Å². The van der Waals surface area contributed by atoms with Gasteiger partial charge in [-0.2, -0.15) is 0 Å². The highest BCUT2D eigenvalue weighted by Gasteiger charge is 2.47. The summed E-state index contributed by atoms with van der Waals surface area (Å²) in [5, 5.41) is 2.37. The number of benzene rings is 5. The molecule has 2 aromatic heterocycles. The summed E-state index contributed by atoms with van der Waals surface area (Å²) in [5.41, 5.74) is 12.8. The number of aliphatic imine (C=N–C) groups is 2. The third-order valence-corrected chi connectivity index (χ3v) is 10.3. The minimum atomic E-state index is -0.616. The fourth-order valence-electron chi connectivity index (χ4n) is 8.20. The first kappa shape index (κ1) is 29.5. The zero-order valence-electron chi connectivity index (χ0n) is 27.8. The predicted molar refractivity (Wildman–Crippen MR) is 202 cm³/mol. The van der Waals surface area contributed by atoms with Crippen LogP contribution in [0.1, 0.15) is 33.4 Å². The molecule has 0 fully saturated rings. The van der Waals surface area contributed by atoms with Gasteiger partial charge in [0.1, 0.15) is 13.2 Å². The summed E-state index contributed by atoms with van der Waals surface area (Å²) < 4.78 is 11.7. The maximum Gasteiger partial charge on any atom is 0.217 e. The van der Waals surface area contributed by atoms with Crippen LogP contribution in [0, 0.1) is 0 Å². The van der Waals surface area contributed by atoms with E-state index in [4.69, 9.17) is 14.5 Å². The second kappa shape index (κ2) is 11.9. The fourth-order valence-corrected chi connectivity index (χ4v) is 8.20. The standard InChI is InChI=1S/C45H32N4O2/c1-3-9-34(10-4-1)45(35-11-5-2-6-12-35)40-23-29(30-21-32(27-46-25-30)43-48-17-19-50-43)15-16-38(40)42-37-14-8-7-13-36(37)39(24-41(42)45)31-22-33(28-47-26-31)44-49-18-20-51-44/h1-16,21-28H,17-20H2. The average molecular weight is 661 g/mol. The summed E-state index contributed by atoms with van der Waals surface area (Å²) in [6.07, 6.45) is 7.56. The monoisotopic (exact) mass is 660 g/mol.